The normalized spacial score (nSPS) is 8.29. The minimum atomic E-state index is -0.988. The standard InChI is InChI=1S/C9H7FN2O2.CH2O2/c1-14-6-3-2-5(4-11)7(8(6)10)9(12)13;2-1-3/h2-3H,1H3,(H2,12,13);1H,(H,2,3). The van der Waals surface area contributed by atoms with Crippen molar-refractivity contribution in [1.29, 1.82) is 5.26 Å². The molecule has 0 fully saturated rings. The molecule has 0 aliphatic rings. The zero-order valence-corrected chi connectivity index (χ0v) is 8.81. The van der Waals surface area contributed by atoms with Gasteiger partial charge in [-0.25, -0.2) is 4.39 Å². The molecule has 1 amide bonds. The quantitative estimate of drug-likeness (QED) is 0.731. The zero-order chi connectivity index (χ0) is 13.4. The van der Waals surface area contributed by atoms with Gasteiger partial charge in [0.1, 0.15) is 6.07 Å². The molecule has 0 bridgehead atoms. The number of amides is 1. The predicted molar refractivity (Wildman–Crippen MR) is 54.9 cm³/mol. The fraction of sp³-hybridized carbons (Fsp3) is 0.100. The van der Waals surface area contributed by atoms with E-state index in [9.17, 15) is 9.18 Å². The number of nitriles is 1. The summed E-state index contributed by atoms with van der Waals surface area (Å²) < 4.78 is 18.0. The number of benzene rings is 1. The van der Waals surface area contributed by atoms with Gasteiger partial charge >= 0.3 is 0 Å². The second kappa shape index (κ2) is 6.79. The van der Waals surface area contributed by atoms with Gasteiger partial charge in [-0.3, -0.25) is 9.59 Å². The summed E-state index contributed by atoms with van der Waals surface area (Å²) in [4.78, 5) is 19.2. The summed E-state index contributed by atoms with van der Waals surface area (Å²) in [5, 5.41) is 15.5. The highest BCUT2D eigenvalue weighted by Crippen LogP contribution is 2.22. The first kappa shape index (κ1) is 14.4. The summed E-state index contributed by atoms with van der Waals surface area (Å²) >= 11 is 0. The van der Waals surface area contributed by atoms with E-state index in [0.717, 1.165) is 0 Å². The van der Waals surface area contributed by atoms with Crippen LogP contribution in [0.15, 0.2) is 12.1 Å². The molecule has 0 saturated carbocycles. The Bertz CT molecular complexity index is 468. The molecular formula is C10H9FN2O4. The summed E-state index contributed by atoms with van der Waals surface area (Å²) in [6, 6.07) is 4.22. The van der Waals surface area contributed by atoms with Crippen molar-refractivity contribution < 1.29 is 23.8 Å². The Morgan fingerprint density at radius 1 is 1.65 bits per heavy atom. The lowest BCUT2D eigenvalue weighted by atomic mass is 10.1. The summed E-state index contributed by atoms with van der Waals surface area (Å²) in [6.07, 6.45) is 0. The van der Waals surface area contributed by atoms with Gasteiger partial charge in [0, 0.05) is 0 Å². The Morgan fingerprint density at radius 2 is 2.18 bits per heavy atom. The molecule has 0 saturated heterocycles. The molecule has 0 aromatic heterocycles. The van der Waals surface area contributed by atoms with E-state index < -0.39 is 17.3 Å². The Labute approximate surface area is 96.0 Å². The first-order chi connectivity index (χ1) is 8.03. The average Bonchev–Trinajstić information content (AvgIpc) is 2.29. The van der Waals surface area contributed by atoms with Crippen LogP contribution < -0.4 is 10.5 Å². The fourth-order valence-electron chi connectivity index (χ4n) is 1.05. The number of methoxy groups -OCH3 is 1. The number of hydrogen-bond donors (Lipinski definition) is 2. The van der Waals surface area contributed by atoms with E-state index in [0.29, 0.717) is 0 Å². The fourth-order valence-corrected chi connectivity index (χ4v) is 1.05. The van der Waals surface area contributed by atoms with Gasteiger partial charge in [0.15, 0.2) is 11.6 Å². The molecule has 0 spiro atoms. The van der Waals surface area contributed by atoms with Crippen LogP contribution in [-0.4, -0.2) is 24.6 Å². The Kier molecular flexibility index (Phi) is 5.74. The van der Waals surface area contributed by atoms with Crippen LogP contribution in [0.25, 0.3) is 0 Å². The van der Waals surface area contributed by atoms with Crippen LogP contribution in [0.1, 0.15) is 15.9 Å². The molecule has 7 heteroatoms. The lowest BCUT2D eigenvalue weighted by molar-refractivity contribution is -0.122. The largest absolute Gasteiger partial charge is 0.494 e. The van der Waals surface area contributed by atoms with E-state index in [1.165, 1.54) is 19.2 Å². The summed E-state index contributed by atoms with van der Waals surface area (Å²) in [5.74, 6) is -2.00. The summed E-state index contributed by atoms with van der Waals surface area (Å²) in [5.41, 5.74) is 4.39. The van der Waals surface area contributed by atoms with Crippen molar-refractivity contribution in [3.05, 3.63) is 29.1 Å². The topological polar surface area (TPSA) is 113 Å². The molecule has 0 unspecified atom stereocenters. The SMILES string of the molecule is COc1ccc(C#N)c(C(N)=O)c1F.O=CO. The van der Waals surface area contributed by atoms with Crippen molar-refractivity contribution >= 4 is 12.4 Å². The molecule has 0 radical (unpaired) electrons. The van der Waals surface area contributed by atoms with E-state index in [4.69, 9.17) is 20.9 Å². The van der Waals surface area contributed by atoms with Crippen LogP contribution in [0.3, 0.4) is 0 Å². The highest BCUT2D eigenvalue weighted by atomic mass is 19.1. The zero-order valence-electron chi connectivity index (χ0n) is 8.81. The molecule has 1 rings (SSSR count). The van der Waals surface area contributed by atoms with Crippen molar-refractivity contribution in [1.82, 2.24) is 0 Å². The van der Waals surface area contributed by atoms with Crippen molar-refractivity contribution in [3.63, 3.8) is 0 Å². The van der Waals surface area contributed by atoms with Crippen LogP contribution in [0.2, 0.25) is 0 Å². The van der Waals surface area contributed by atoms with Gasteiger partial charge in [0.05, 0.1) is 18.2 Å². The third kappa shape index (κ3) is 3.46. The molecule has 17 heavy (non-hydrogen) atoms. The number of carbonyl (C=O) groups is 2. The minimum absolute atomic E-state index is 0.101. The number of hydrogen-bond acceptors (Lipinski definition) is 4. The number of nitrogens with zero attached hydrogens (tertiary/aromatic N) is 1. The first-order valence-electron chi connectivity index (χ1n) is 4.17. The number of carboxylic acid groups (broad SMARTS) is 1. The van der Waals surface area contributed by atoms with Crippen LogP contribution >= 0.6 is 0 Å². The van der Waals surface area contributed by atoms with Gasteiger partial charge in [0.2, 0.25) is 0 Å². The lowest BCUT2D eigenvalue weighted by Crippen LogP contribution is -2.15. The summed E-state index contributed by atoms with van der Waals surface area (Å²) in [6.45, 7) is -0.250. The predicted octanol–water partition coefficient (Wildman–Crippen LogP) is 0.506. The van der Waals surface area contributed by atoms with Gasteiger partial charge in [-0.05, 0) is 12.1 Å². The molecule has 0 heterocycles. The monoisotopic (exact) mass is 240 g/mol. The molecule has 3 N–H and O–H groups in total. The molecule has 6 nitrogen and oxygen atoms in total. The maximum absolute atomic E-state index is 13.4. The first-order valence-corrected chi connectivity index (χ1v) is 4.17. The van der Waals surface area contributed by atoms with E-state index in [2.05, 4.69) is 4.74 Å². The number of halogens is 1. The van der Waals surface area contributed by atoms with Crippen molar-refractivity contribution in [2.45, 2.75) is 0 Å². The summed E-state index contributed by atoms with van der Waals surface area (Å²) in [7, 11) is 1.26. The van der Waals surface area contributed by atoms with Crippen molar-refractivity contribution in [2.75, 3.05) is 7.11 Å². The Balaban J connectivity index is 0.000000770. The highest BCUT2D eigenvalue weighted by Gasteiger charge is 2.18. The average molecular weight is 240 g/mol. The van der Waals surface area contributed by atoms with Crippen LogP contribution in [0.5, 0.6) is 5.75 Å². The van der Waals surface area contributed by atoms with E-state index >= 15 is 0 Å². The Hall–Kier alpha value is -2.62. The van der Waals surface area contributed by atoms with E-state index in [1.807, 2.05) is 0 Å². The van der Waals surface area contributed by atoms with E-state index in [-0.39, 0.29) is 17.8 Å². The van der Waals surface area contributed by atoms with Crippen LogP contribution in [0.4, 0.5) is 4.39 Å². The Morgan fingerprint density at radius 3 is 2.53 bits per heavy atom. The minimum Gasteiger partial charge on any atom is -0.494 e. The number of rotatable bonds is 2. The second-order valence-corrected chi connectivity index (χ2v) is 2.59. The number of ether oxygens (including phenoxy) is 1. The van der Waals surface area contributed by atoms with Gasteiger partial charge in [-0.1, -0.05) is 0 Å². The maximum atomic E-state index is 13.4. The molecule has 90 valence electrons. The molecule has 0 aliphatic heterocycles. The maximum Gasteiger partial charge on any atom is 0.290 e. The molecule has 0 aliphatic carbocycles. The molecular weight excluding hydrogens is 231 g/mol. The van der Waals surface area contributed by atoms with Gasteiger partial charge in [-0.2, -0.15) is 5.26 Å². The van der Waals surface area contributed by atoms with Crippen LogP contribution in [0, 0.1) is 17.1 Å². The van der Waals surface area contributed by atoms with Gasteiger partial charge in [0.25, 0.3) is 12.4 Å². The van der Waals surface area contributed by atoms with Crippen molar-refractivity contribution in [3.8, 4) is 11.8 Å². The van der Waals surface area contributed by atoms with Gasteiger partial charge in [-0.15, -0.1) is 0 Å². The molecule has 0 atom stereocenters. The smallest absolute Gasteiger partial charge is 0.290 e. The molecule has 1 aromatic rings. The number of nitrogens with two attached hydrogens (primary N) is 1. The second-order valence-electron chi connectivity index (χ2n) is 2.59. The van der Waals surface area contributed by atoms with E-state index in [1.54, 1.807) is 6.07 Å². The lowest BCUT2D eigenvalue weighted by Gasteiger charge is -2.05. The van der Waals surface area contributed by atoms with Crippen molar-refractivity contribution in [2.24, 2.45) is 5.73 Å². The molecule has 1 aromatic carbocycles. The number of carbonyl (C=O) groups excluding carboxylic acids is 1. The third-order valence-corrected chi connectivity index (χ3v) is 1.69. The number of primary amides is 1. The van der Waals surface area contributed by atoms with Crippen LogP contribution in [-0.2, 0) is 4.79 Å². The van der Waals surface area contributed by atoms with Gasteiger partial charge < -0.3 is 15.6 Å². The third-order valence-electron chi connectivity index (χ3n) is 1.69. The highest BCUT2D eigenvalue weighted by molar-refractivity contribution is 5.96.